The minimum Gasteiger partial charge on any atom is -0.456 e. The summed E-state index contributed by atoms with van der Waals surface area (Å²) < 4.78 is 29.9. The van der Waals surface area contributed by atoms with E-state index in [0.29, 0.717) is 44.1 Å². The average Bonchev–Trinajstić information content (AvgIpc) is 3.18. The molecule has 56 heavy (non-hydrogen) atoms. The molecule has 0 spiro atoms. The van der Waals surface area contributed by atoms with Crippen molar-refractivity contribution in [1.82, 2.24) is 4.90 Å². The van der Waals surface area contributed by atoms with E-state index in [0.717, 1.165) is 18.4 Å². The van der Waals surface area contributed by atoms with E-state index in [4.69, 9.17) is 35.3 Å². The normalized spacial score (nSPS) is 41.6. The Morgan fingerprint density at radius 2 is 1.62 bits per heavy atom. The molecule has 0 radical (unpaired) electrons. The Kier molecular flexibility index (Phi) is 17.2. The molecule has 12 nitrogen and oxygen atoms in total. The maximum Gasteiger partial charge on any atom is 0.329 e. The molecule has 2 saturated heterocycles. The number of piperidine rings is 1. The Morgan fingerprint density at radius 1 is 0.964 bits per heavy atom. The van der Waals surface area contributed by atoms with Gasteiger partial charge in [0.05, 0.1) is 29.8 Å². The van der Waals surface area contributed by atoms with E-state index < -0.39 is 77.8 Å². The standard InChI is InChI=1S/C43H68ClNO11/c1-10-30-18-24(2)17-25(3)19-36(53-8)39-37(54-9)21-27(5)43(51,56-39)40(48)41(49)45-16-12-11-13-32(45)42(50)55-38(28(6)33(46)23-34(30)47)26(4)20-29-14-15-31(44)35(22-29)52-7/h18,20,25,27-33,35-39,46,51H,10-17,19,21-23H2,1-9H3/b24-18+,26-20+/t25-,27+,28+,29-,30+,31-,32-,33-,35+,36?,37-,38+,39+,43+/m0/s1. The highest BCUT2D eigenvalue weighted by Gasteiger charge is 2.56. The van der Waals surface area contributed by atoms with Crippen molar-refractivity contribution in [2.45, 2.75) is 166 Å². The number of cyclic esters (lactones) is 1. The van der Waals surface area contributed by atoms with Crippen molar-refractivity contribution in [2.75, 3.05) is 27.9 Å². The van der Waals surface area contributed by atoms with Crippen LogP contribution in [0.1, 0.15) is 112 Å². The third kappa shape index (κ3) is 10.9. The molecule has 3 aliphatic heterocycles. The number of aliphatic hydroxyl groups excluding tert-OH is 1. The quantitative estimate of drug-likeness (QED) is 0.146. The van der Waals surface area contributed by atoms with E-state index in [1.807, 2.05) is 32.9 Å². The summed E-state index contributed by atoms with van der Waals surface area (Å²) in [5.74, 6) is -7.31. The van der Waals surface area contributed by atoms with E-state index in [1.54, 1.807) is 21.0 Å². The van der Waals surface area contributed by atoms with Crippen LogP contribution in [0.3, 0.4) is 0 Å². The summed E-state index contributed by atoms with van der Waals surface area (Å²) in [4.78, 5) is 57.7. The number of carbonyl (C=O) groups is 4. The number of aliphatic hydroxyl groups is 2. The Labute approximate surface area is 339 Å². The Balaban J connectivity index is 1.76. The lowest BCUT2D eigenvalue weighted by atomic mass is 9.82. The molecule has 1 aliphatic carbocycles. The van der Waals surface area contributed by atoms with Crippen LogP contribution in [-0.2, 0) is 42.9 Å². The molecule has 0 aromatic carbocycles. The summed E-state index contributed by atoms with van der Waals surface area (Å²) in [5, 5.41) is 23.6. The molecule has 0 aromatic heterocycles. The van der Waals surface area contributed by atoms with Crippen molar-refractivity contribution in [3.63, 3.8) is 0 Å². The molecule has 1 saturated carbocycles. The van der Waals surface area contributed by atoms with E-state index in [9.17, 15) is 29.4 Å². The number of allylic oxidation sites excluding steroid dienone is 3. The number of nitrogens with zero attached hydrogens (tertiary/aromatic N) is 1. The van der Waals surface area contributed by atoms with Crippen molar-refractivity contribution in [1.29, 1.82) is 0 Å². The maximum absolute atomic E-state index is 14.3. The Bertz CT molecular complexity index is 1440. The molecule has 2 bridgehead atoms. The second kappa shape index (κ2) is 20.7. The fourth-order valence-corrected chi connectivity index (χ4v) is 9.69. The van der Waals surface area contributed by atoms with E-state index >= 15 is 0 Å². The van der Waals surface area contributed by atoms with Gasteiger partial charge in [-0.1, -0.05) is 45.4 Å². The highest BCUT2D eigenvalue weighted by molar-refractivity contribution is 6.39. The molecular weight excluding hydrogens is 742 g/mol. The summed E-state index contributed by atoms with van der Waals surface area (Å²) in [6.45, 7) is 11.3. The fourth-order valence-electron chi connectivity index (χ4n) is 9.36. The van der Waals surface area contributed by atoms with E-state index in [2.05, 4.69) is 6.92 Å². The van der Waals surface area contributed by atoms with E-state index in [1.165, 1.54) is 19.1 Å². The molecule has 3 fully saturated rings. The van der Waals surface area contributed by atoms with Crippen LogP contribution < -0.4 is 0 Å². The van der Waals surface area contributed by atoms with Crippen LogP contribution in [0.25, 0.3) is 0 Å². The van der Waals surface area contributed by atoms with Gasteiger partial charge in [-0.25, -0.2) is 4.79 Å². The molecule has 1 unspecified atom stereocenters. The number of ketones is 2. The first-order chi connectivity index (χ1) is 26.5. The molecule has 3 heterocycles. The average molecular weight is 810 g/mol. The molecule has 13 heteroatoms. The van der Waals surface area contributed by atoms with Gasteiger partial charge in [0, 0.05) is 52.0 Å². The lowest BCUT2D eigenvalue weighted by molar-refractivity contribution is -0.302. The second-order valence-electron chi connectivity index (χ2n) is 17.1. The number of amides is 1. The number of fused-ring (bicyclic) bond motifs is 3. The smallest absolute Gasteiger partial charge is 0.329 e. The molecule has 14 atom stereocenters. The highest BCUT2D eigenvalue weighted by Crippen LogP contribution is 2.39. The molecule has 0 aromatic rings. The molecule has 318 valence electrons. The summed E-state index contributed by atoms with van der Waals surface area (Å²) >= 11 is 6.52. The zero-order chi connectivity index (χ0) is 41.5. The monoisotopic (exact) mass is 809 g/mol. The van der Waals surface area contributed by atoms with Gasteiger partial charge in [0.1, 0.15) is 24.0 Å². The first kappa shape index (κ1) is 46.5. The van der Waals surface area contributed by atoms with Crippen molar-refractivity contribution in [2.24, 2.45) is 29.6 Å². The topological polar surface area (TPSA) is 158 Å². The van der Waals surface area contributed by atoms with Crippen LogP contribution in [0, 0.1) is 29.6 Å². The number of hydrogen-bond donors (Lipinski definition) is 2. The fraction of sp³-hybridized carbons (Fsp3) is 0.814. The molecular formula is C43H68ClNO11. The first-order valence-electron chi connectivity index (χ1n) is 20.7. The summed E-state index contributed by atoms with van der Waals surface area (Å²) in [6.07, 6.45) is 5.16. The second-order valence-corrected chi connectivity index (χ2v) is 17.7. The maximum atomic E-state index is 14.3. The van der Waals surface area contributed by atoms with Gasteiger partial charge < -0.3 is 38.8 Å². The molecule has 2 N–H and O–H groups in total. The predicted molar refractivity (Wildman–Crippen MR) is 212 cm³/mol. The predicted octanol–water partition coefficient (Wildman–Crippen LogP) is 5.72. The van der Waals surface area contributed by atoms with Gasteiger partial charge >= 0.3 is 5.97 Å². The van der Waals surface area contributed by atoms with Crippen LogP contribution in [0.2, 0.25) is 0 Å². The molecule has 1 amide bonds. The van der Waals surface area contributed by atoms with Crippen LogP contribution in [0.5, 0.6) is 0 Å². The third-order valence-corrected chi connectivity index (χ3v) is 13.3. The SMILES string of the molecule is CC[C@@H]1/C=C(\C)C[C@H](C)CC(OC)[C@H]2O[C@@](O)(C(=O)C(=O)N3CCCC[C@H]3C(=O)O[C@H](/C(C)=C/[C@@H]3CC[C@H](Cl)[C@H](OC)C3)[C@H](C)[C@@H](O)CC1=O)[C@H](C)C[C@@H]2OC. The Morgan fingerprint density at radius 3 is 2.27 bits per heavy atom. The van der Waals surface area contributed by atoms with Gasteiger partial charge in [-0.3, -0.25) is 14.4 Å². The molecule has 4 rings (SSSR count). The lowest BCUT2D eigenvalue weighted by Gasteiger charge is -2.47. The van der Waals surface area contributed by atoms with Gasteiger partial charge in [-0.2, -0.15) is 0 Å². The van der Waals surface area contributed by atoms with Crippen LogP contribution in [0.15, 0.2) is 23.3 Å². The number of esters is 1. The minimum absolute atomic E-state index is 0.0425. The number of Topliss-reactive ketones (excluding diaryl/α,β-unsaturated/α-hetero) is 2. The zero-order valence-electron chi connectivity index (χ0n) is 35.0. The van der Waals surface area contributed by atoms with Crippen molar-refractivity contribution >= 4 is 35.0 Å². The van der Waals surface area contributed by atoms with Crippen molar-refractivity contribution in [3.8, 4) is 0 Å². The largest absolute Gasteiger partial charge is 0.456 e. The van der Waals surface area contributed by atoms with Crippen LogP contribution in [-0.4, -0.2) is 120 Å². The van der Waals surface area contributed by atoms with Crippen molar-refractivity contribution < 1.29 is 53.1 Å². The number of halogens is 1. The zero-order valence-corrected chi connectivity index (χ0v) is 35.8. The lowest BCUT2D eigenvalue weighted by Crippen LogP contribution is -2.64. The highest BCUT2D eigenvalue weighted by atomic mass is 35.5. The summed E-state index contributed by atoms with van der Waals surface area (Å²) in [7, 11) is 4.71. The van der Waals surface area contributed by atoms with Gasteiger partial charge in [-0.05, 0) is 95.5 Å². The van der Waals surface area contributed by atoms with Gasteiger partial charge in [0.2, 0.25) is 5.79 Å². The Hall–Kier alpha value is -2.19. The number of hydrogen-bond acceptors (Lipinski definition) is 11. The van der Waals surface area contributed by atoms with Crippen LogP contribution >= 0.6 is 11.6 Å². The third-order valence-electron chi connectivity index (χ3n) is 12.8. The summed E-state index contributed by atoms with van der Waals surface area (Å²) in [6, 6.07) is -1.12. The number of rotatable bonds is 6. The van der Waals surface area contributed by atoms with E-state index in [-0.39, 0.29) is 54.9 Å². The minimum atomic E-state index is -2.49. The number of carbonyl (C=O) groups excluding carboxylic acids is 4. The van der Waals surface area contributed by atoms with Crippen molar-refractivity contribution in [3.05, 3.63) is 23.3 Å². The van der Waals surface area contributed by atoms with Gasteiger partial charge in [0.25, 0.3) is 11.7 Å². The summed E-state index contributed by atoms with van der Waals surface area (Å²) in [5.41, 5.74) is 1.71. The first-order valence-corrected chi connectivity index (χ1v) is 21.2. The number of alkyl halides is 1. The van der Waals surface area contributed by atoms with Crippen LogP contribution in [0.4, 0.5) is 0 Å². The number of ether oxygens (including phenoxy) is 5. The number of methoxy groups -OCH3 is 3. The van der Waals surface area contributed by atoms with Gasteiger partial charge in [-0.15, -0.1) is 11.6 Å². The molecule has 4 aliphatic rings. The van der Waals surface area contributed by atoms with Gasteiger partial charge in [0.15, 0.2) is 0 Å².